The van der Waals surface area contributed by atoms with E-state index in [0.29, 0.717) is 0 Å². The Morgan fingerprint density at radius 3 is 2.33 bits per heavy atom. The van der Waals surface area contributed by atoms with Gasteiger partial charge in [0.05, 0.1) is 0 Å². The Morgan fingerprint density at radius 2 is 2.17 bits per heavy atom. The van der Waals surface area contributed by atoms with Gasteiger partial charge < -0.3 is 0 Å². The Bertz CT molecular complexity index is 33.2. The molecule has 0 amide bonds. The maximum atomic E-state index is 11.1. The zero-order chi connectivity index (χ0) is 4.83. The van der Waals surface area contributed by atoms with Gasteiger partial charge in [0.1, 0.15) is 6.67 Å². The molecule has 0 unspecified atom stereocenters. The third kappa shape index (κ3) is 3.67. The predicted molar refractivity (Wildman–Crippen MR) is 25.4 cm³/mol. The summed E-state index contributed by atoms with van der Waals surface area (Å²) in [6, 6.07) is 0. The van der Waals surface area contributed by atoms with Crippen molar-refractivity contribution in [3.63, 3.8) is 0 Å². The number of allylic oxidation sites excluding steroid dienone is 2. The first kappa shape index (κ1) is 5.67. The highest BCUT2D eigenvalue weighted by molar-refractivity contribution is 4.78. The Morgan fingerprint density at radius 1 is 1.50 bits per heavy atom. The fourth-order valence-corrected chi connectivity index (χ4v) is 0.230. The summed E-state index contributed by atoms with van der Waals surface area (Å²) in [5.74, 6) is 0. The van der Waals surface area contributed by atoms with Gasteiger partial charge in [-0.3, -0.25) is 0 Å². The predicted octanol–water partition coefficient (Wildman–Crippen LogP) is 1.92. The molecule has 36 valence electrons. The number of alkyl halides is 1. The summed E-state index contributed by atoms with van der Waals surface area (Å²) >= 11 is 0. The minimum Gasteiger partial charge on any atom is -0.247 e. The molecule has 0 aliphatic heterocycles. The molecule has 0 aromatic heterocycles. The highest BCUT2D eigenvalue weighted by atomic mass is 18.2. The fraction of sp³-hybridized carbons (Fsp3) is 0.600. The second-order valence-electron chi connectivity index (χ2n) is 1.03. The number of rotatable bonds is 2. The largest absolute Gasteiger partial charge is 0.247 e. The standard InChI is InChI=1S/C5H9F/c1-2-3-4-5-6/h3-4H,2,5H2,1H3/b4-3+/i6-1. The lowest BCUT2D eigenvalue weighted by atomic mass is 10.4. The third-order valence-corrected chi connectivity index (χ3v) is 0.491. The van der Waals surface area contributed by atoms with Gasteiger partial charge in [-0.25, -0.2) is 4.39 Å². The second-order valence-corrected chi connectivity index (χ2v) is 1.03. The van der Waals surface area contributed by atoms with Crippen LogP contribution in [-0.4, -0.2) is 6.67 Å². The van der Waals surface area contributed by atoms with Crippen LogP contribution in [0.2, 0.25) is 0 Å². The maximum Gasteiger partial charge on any atom is 0.108 e. The van der Waals surface area contributed by atoms with Crippen LogP contribution in [0.15, 0.2) is 12.2 Å². The summed E-state index contributed by atoms with van der Waals surface area (Å²) in [5.41, 5.74) is 0. The van der Waals surface area contributed by atoms with E-state index < -0.39 is 0 Å². The molecule has 0 saturated heterocycles. The molecule has 0 radical (unpaired) electrons. The van der Waals surface area contributed by atoms with Crippen LogP contribution >= 0.6 is 0 Å². The average molecular weight is 87.1 g/mol. The lowest BCUT2D eigenvalue weighted by Gasteiger charge is -1.70. The molecule has 0 nitrogen and oxygen atoms in total. The zero-order valence-corrected chi connectivity index (χ0v) is 3.95. The Kier molecular flexibility index (Phi) is 4.41. The lowest BCUT2D eigenvalue weighted by molar-refractivity contribution is 0.561. The van der Waals surface area contributed by atoms with Crippen molar-refractivity contribution in [2.24, 2.45) is 0 Å². The summed E-state index contributed by atoms with van der Waals surface area (Å²) in [5, 5.41) is 0. The van der Waals surface area contributed by atoms with Gasteiger partial charge in [-0.05, 0) is 6.42 Å². The smallest absolute Gasteiger partial charge is 0.108 e. The van der Waals surface area contributed by atoms with Gasteiger partial charge in [0.2, 0.25) is 0 Å². The van der Waals surface area contributed by atoms with E-state index in [1.165, 1.54) is 6.08 Å². The highest BCUT2D eigenvalue weighted by Crippen LogP contribution is 1.77. The highest BCUT2D eigenvalue weighted by Gasteiger charge is 1.62. The maximum absolute atomic E-state index is 11.1. The zero-order valence-electron chi connectivity index (χ0n) is 3.95. The van der Waals surface area contributed by atoms with Crippen LogP contribution in [0.4, 0.5) is 4.39 Å². The third-order valence-electron chi connectivity index (χ3n) is 0.491. The van der Waals surface area contributed by atoms with Gasteiger partial charge in [0, 0.05) is 0 Å². The van der Waals surface area contributed by atoms with Crippen molar-refractivity contribution < 1.29 is 4.39 Å². The number of hydrogen-bond acceptors (Lipinski definition) is 0. The van der Waals surface area contributed by atoms with E-state index >= 15 is 0 Å². The molecule has 0 heterocycles. The molecule has 0 aromatic rings. The van der Waals surface area contributed by atoms with Crippen molar-refractivity contribution in [1.29, 1.82) is 0 Å². The Hall–Kier alpha value is -0.330. The first-order valence-corrected chi connectivity index (χ1v) is 2.12. The van der Waals surface area contributed by atoms with Gasteiger partial charge in [-0.1, -0.05) is 19.1 Å². The van der Waals surface area contributed by atoms with Crippen molar-refractivity contribution >= 4 is 0 Å². The number of hydrogen-bond donors (Lipinski definition) is 0. The van der Waals surface area contributed by atoms with Gasteiger partial charge >= 0.3 is 0 Å². The van der Waals surface area contributed by atoms with Crippen molar-refractivity contribution in [2.45, 2.75) is 13.3 Å². The van der Waals surface area contributed by atoms with Crippen molar-refractivity contribution in [3.8, 4) is 0 Å². The molecule has 0 spiro atoms. The van der Waals surface area contributed by atoms with Crippen molar-refractivity contribution in [3.05, 3.63) is 12.2 Å². The molecule has 0 saturated carbocycles. The fourth-order valence-electron chi connectivity index (χ4n) is 0.230. The molecule has 0 bridgehead atoms. The van der Waals surface area contributed by atoms with Crippen LogP contribution in [0.1, 0.15) is 13.3 Å². The van der Waals surface area contributed by atoms with E-state index in [9.17, 15) is 4.39 Å². The molecule has 0 aromatic carbocycles. The van der Waals surface area contributed by atoms with Crippen molar-refractivity contribution in [2.75, 3.05) is 6.67 Å². The van der Waals surface area contributed by atoms with E-state index in [-0.39, 0.29) is 6.67 Å². The minimum atomic E-state index is -0.326. The van der Waals surface area contributed by atoms with Crippen LogP contribution in [0.3, 0.4) is 0 Å². The quantitative estimate of drug-likeness (QED) is 0.451. The normalized spacial score (nSPS) is 10.3. The van der Waals surface area contributed by atoms with E-state index in [1.54, 1.807) is 6.08 Å². The molecule has 0 aliphatic carbocycles. The molecule has 0 rings (SSSR count). The van der Waals surface area contributed by atoms with Crippen LogP contribution in [-0.2, 0) is 0 Å². The first-order chi connectivity index (χ1) is 2.91. The topological polar surface area (TPSA) is 0 Å². The van der Waals surface area contributed by atoms with Gasteiger partial charge in [0.15, 0.2) is 0 Å². The Balaban J connectivity index is 2.73. The average Bonchev–Trinajstić information content (AvgIpc) is 1.61. The first-order valence-electron chi connectivity index (χ1n) is 2.12. The molecular formula is C5H9F. The summed E-state index contributed by atoms with van der Waals surface area (Å²) in [7, 11) is 0. The van der Waals surface area contributed by atoms with Crippen molar-refractivity contribution in [1.82, 2.24) is 0 Å². The summed E-state index contributed by atoms with van der Waals surface area (Å²) in [4.78, 5) is 0. The molecule has 1 heteroatoms. The lowest BCUT2D eigenvalue weighted by Crippen LogP contribution is -1.58. The number of halogens is 1. The molecule has 6 heavy (non-hydrogen) atoms. The van der Waals surface area contributed by atoms with Crippen LogP contribution in [0, 0.1) is 0 Å². The van der Waals surface area contributed by atoms with Gasteiger partial charge in [-0.15, -0.1) is 0 Å². The van der Waals surface area contributed by atoms with E-state index in [0.717, 1.165) is 6.42 Å². The van der Waals surface area contributed by atoms with Crippen LogP contribution in [0.5, 0.6) is 0 Å². The molecule has 0 aliphatic rings. The molecule has 0 atom stereocenters. The van der Waals surface area contributed by atoms with Gasteiger partial charge in [-0.2, -0.15) is 0 Å². The summed E-state index contributed by atoms with van der Waals surface area (Å²) in [6.07, 6.45) is 4.25. The monoisotopic (exact) mass is 87.1 g/mol. The Labute approximate surface area is 37.7 Å². The van der Waals surface area contributed by atoms with Crippen LogP contribution < -0.4 is 0 Å². The molecule has 0 N–H and O–H groups in total. The van der Waals surface area contributed by atoms with E-state index in [1.807, 2.05) is 6.92 Å². The molecular weight excluding hydrogens is 78.1 g/mol. The molecule has 0 fully saturated rings. The van der Waals surface area contributed by atoms with Gasteiger partial charge in [0.25, 0.3) is 0 Å². The summed E-state index contributed by atoms with van der Waals surface area (Å²) in [6.45, 7) is 1.65. The second kappa shape index (κ2) is 4.67. The van der Waals surface area contributed by atoms with E-state index in [4.69, 9.17) is 0 Å². The summed E-state index contributed by atoms with van der Waals surface area (Å²) < 4.78 is 11.1. The SMILES string of the molecule is CC/C=C/C[18F]. The van der Waals surface area contributed by atoms with E-state index in [2.05, 4.69) is 0 Å². The van der Waals surface area contributed by atoms with Crippen LogP contribution in [0.25, 0.3) is 0 Å². The minimum absolute atomic E-state index is 0.326.